The molecule has 4 aromatic rings. The van der Waals surface area contributed by atoms with E-state index in [2.05, 4.69) is 15.5 Å². The van der Waals surface area contributed by atoms with Crippen LogP contribution in [0.1, 0.15) is 17.5 Å². The van der Waals surface area contributed by atoms with Crippen LogP contribution in [0.2, 0.25) is 0 Å². The number of benzene rings is 3. The summed E-state index contributed by atoms with van der Waals surface area (Å²) in [7, 11) is 0. The van der Waals surface area contributed by atoms with E-state index < -0.39 is 6.04 Å². The van der Waals surface area contributed by atoms with Crippen molar-refractivity contribution in [3.63, 3.8) is 0 Å². The first-order valence-corrected chi connectivity index (χ1v) is 8.39. The quantitative estimate of drug-likeness (QED) is 0.501. The monoisotopic (exact) mass is 361 g/mol. The van der Waals surface area contributed by atoms with Crippen LogP contribution in [0.15, 0.2) is 83.3 Å². The predicted octanol–water partition coefficient (Wildman–Crippen LogP) is 4.78. The average molecular weight is 361 g/mol. The first-order chi connectivity index (χ1) is 13.2. The zero-order valence-electron chi connectivity index (χ0n) is 14.2. The Bertz CT molecular complexity index is 1030. The zero-order valence-corrected chi connectivity index (χ0v) is 14.2. The number of aromatic nitrogens is 2. The number of phenols is 1. The number of halogens is 1. The molecule has 2 N–H and O–H groups in total. The highest BCUT2D eigenvalue weighted by Gasteiger charge is 2.24. The van der Waals surface area contributed by atoms with Gasteiger partial charge in [-0.15, -0.1) is 10.2 Å². The number of rotatable bonds is 5. The average Bonchev–Trinajstić information content (AvgIpc) is 3.19. The van der Waals surface area contributed by atoms with Gasteiger partial charge in [0.2, 0.25) is 11.8 Å². The van der Waals surface area contributed by atoms with Gasteiger partial charge < -0.3 is 14.8 Å². The Kier molecular flexibility index (Phi) is 4.53. The standard InChI is InChI=1S/C21H16FN3O2/c22-18-9-5-4-8-17(18)19(23-15-10-12-16(26)13-11-15)21-25-24-20(27-21)14-6-2-1-3-7-14/h1-13,19,23,26H/t19-/m1/s1. The lowest BCUT2D eigenvalue weighted by molar-refractivity contribution is 0.475. The van der Waals surface area contributed by atoms with E-state index in [-0.39, 0.29) is 17.5 Å². The summed E-state index contributed by atoms with van der Waals surface area (Å²) in [6.45, 7) is 0. The molecule has 0 spiro atoms. The van der Waals surface area contributed by atoms with Crippen LogP contribution in [-0.2, 0) is 0 Å². The van der Waals surface area contributed by atoms with E-state index in [1.807, 2.05) is 30.3 Å². The van der Waals surface area contributed by atoms with E-state index in [1.54, 1.807) is 42.5 Å². The summed E-state index contributed by atoms with van der Waals surface area (Å²) in [6, 6.07) is 21.6. The van der Waals surface area contributed by atoms with Crippen molar-refractivity contribution in [1.29, 1.82) is 0 Å². The van der Waals surface area contributed by atoms with E-state index in [1.165, 1.54) is 6.07 Å². The molecule has 0 aliphatic carbocycles. The number of hydrogen-bond acceptors (Lipinski definition) is 5. The third kappa shape index (κ3) is 3.64. The van der Waals surface area contributed by atoms with Crippen molar-refractivity contribution < 1.29 is 13.9 Å². The molecule has 5 nitrogen and oxygen atoms in total. The Morgan fingerprint density at radius 3 is 2.30 bits per heavy atom. The normalized spacial score (nSPS) is 11.9. The lowest BCUT2D eigenvalue weighted by Gasteiger charge is -2.17. The summed E-state index contributed by atoms with van der Waals surface area (Å²) >= 11 is 0. The maximum Gasteiger partial charge on any atom is 0.247 e. The second-order valence-electron chi connectivity index (χ2n) is 5.96. The SMILES string of the molecule is Oc1ccc(N[C@@H](c2nnc(-c3ccccc3)o2)c2ccccc2F)cc1. The highest BCUT2D eigenvalue weighted by molar-refractivity contribution is 5.53. The molecule has 0 aliphatic heterocycles. The predicted molar refractivity (Wildman–Crippen MR) is 99.7 cm³/mol. The van der Waals surface area contributed by atoms with Crippen molar-refractivity contribution in [3.8, 4) is 17.2 Å². The molecule has 1 aromatic heterocycles. The summed E-state index contributed by atoms with van der Waals surface area (Å²) in [4.78, 5) is 0. The zero-order chi connectivity index (χ0) is 18.6. The van der Waals surface area contributed by atoms with Crippen molar-refractivity contribution in [1.82, 2.24) is 10.2 Å². The van der Waals surface area contributed by atoms with Crippen molar-refractivity contribution in [2.75, 3.05) is 5.32 Å². The second kappa shape index (κ2) is 7.29. The molecule has 27 heavy (non-hydrogen) atoms. The minimum Gasteiger partial charge on any atom is -0.508 e. The number of hydrogen-bond donors (Lipinski definition) is 2. The van der Waals surface area contributed by atoms with Crippen LogP contribution in [0.4, 0.5) is 10.1 Å². The van der Waals surface area contributed by atoms with Gasteiger partial charge in [-0.3, -0.25) is 0 Å². The largest absolute Gasteiger partial charge is 0.508 e. The summed E-state index contributed by atoms with van der Waals surface area (Å²) in [5.41, 5.74) is 1.85. The van der Waals surface area contributed by atoms with Gasteiger partial charge in [-0.25, -0.2) is 4.39 Å². The highest BCUT2D eigenvalue weighted by Crippen LogP contribution is 2.30. The van der Waals surface area contributed by atoms with E-state index in [0.29, 0.717) is 17.1 Å². The van der Waals surface area contributed by atoms with Gasteiger partial charge in [0.05, 0.1) is 0 Å². The third-order valence-electron chi connectivity index (χ3n) is 4.10. The van der Waals surface area contributed by atoms with Crippen LogP contribution >= 0.6 is 0 Å². The van der Waals surface area contributed by atoms with Gasteiger partial charge in [0.15, 0.2) is 0 Å². The second-order valence-corrected chi connectivity index (χ2v) is 5.96. The van der Waals surface area contributed by atoms with Gasteiger partial charge in [-0.1, -0.05) is 36.4 Å². The number of nitrogens with zero attached hydrogens (tertiary/aromatic N) is 2. The van der Waals surface area contributed by atoms with Crippen molar-refractivity contribution in [2.24, 2.45) is 0 Å². The molecule has 0 bridgehead atoms. The summed E-state index contributed by atoms with van der Waals surface area (Å²) in [5.74, 6) is 0.367. The smallest absolute Gasteiger partial charge is 0.247 e. The van der Waals surface area contributed by atoms with Gasteiger partial charge >= 0.3 is 0 Å². The molecule has 134 valence electrons. The third-order valence-corrected chi connectivity index (χ3v) is 4.10. The van der Waals surface area contributed by atoms with Crippen LogP contribution in [0.5, 0.6) is 5.75 Å². The van der Waals surface area contributed by atoms with Gasteiger partial charge in [-0.2, -0.15) is 0 Å². The minimum atomic E-state index is -0.680. The Labute approximate surface area is 155 Å². The summed E-state index contributed by atoms with van der Waals surface area (Å²) in [6.07, 6.45) is 0. The van der Waals surface area contributed by atoms with Crippen LogP contribution in [0.3, 0.4) is 0 Å². The van der Waals surface area contributed by atoms with Gasteiger partial charge in [-0.05, 0) is 42.5 Å². The molecule has 0 fully saturated rings. The first-order valence-electron chi connectivity index (χ1n) is 8.39. The molecule has 0 unspecified atom stereocenters. The Balaban J connectivity index is 1.73. The fourth-order valence-corrected chi connectivity index (χ4v) is 2.75. The first kappa shape index (κ1) is 16.8. The molecule has 1 heterocycles. The van der Waals surface area contributed by atoms with Crippen molar-refractivity contribution in [2.45, 2.75) is 6.04 Å². The number of phenolic OH excluding ortho intramolecular Hbond substituents is 1. The number of anilines is 1. The summed E-state index contributed by atoms with van der Waals surface area (Å²) in [5, 5.41) is 20.9. The molecule has 6 heteroatoms. The molecule has 0 saturated heterocycles. The van der Waals surface area contributed by atoms with Gasteiger partial charge in [0.25, 0.3) is 0 Å². The highest BCUT2D eigenvalue weighted by atomic mass is 19.1. The molecule has 0 amide bonds. The van der Waals surface area contributed by atoms with Crippen LogP contribution < -0.4 is 5.32 Å². The molecule has 0 saturated carbocycles. The molecule has 0 aliphatic rings. The minimum absolute atomic E-state index is 0.146. The molecular weight excluding hydrogens is 345 g/mol. The number of aromatic hydroxyl groups is 1. The van der Waals surface area contributed by atoms with E-state index in [0.717, 1.165) is 5.56 Å². The fraction of sp³-hybridized carbons (Fsp3) is 0.0476. The van der Waals surface area contributed by atoms with Crippen LogP contribution in [0, 0.1) is 5.82 Å². The molecular formula is C21H16FN3O2. The van der Waals surface area contributed by atoms with E-state index >= 15 is 0 Å². The van der Waals surface area contributed by atoms with Crippen molar-refractivity contribution in [3.05, 3.63) is 96.1 Å². The Morgan fingerprint density at radius 1 is 0.852 bits per heavy atom. The van der Waals surface area contributed by atoms with E-state index in [9.17, 15) is 9.50 Å². The molecule has 1 atom stereocenters. The van der Waals surface area contributed by atoms with Gasteiger partial charge in [0, 0.05) is 16.8 Å². The topological polar surface area (TPSA) is 71.2 Å². The van der Waals surface area contributed by atoms with Crippen LogP contribution in [0.25, 0.3) is 11.5 Å². The van der Waals surface area contributed by atoms with Gasteiger partial charge in [0.1, 0.15) is 17.6 Å². The summed E-state index contributed by atoms with van der Waals surface area (Å²) < 4.78 is 20.3. The Hall–Kier alpha value is -3.67. The molecule has 0 radical (unpaired) electrons. The molecule has 3 aromatic carbocycles. The van der Waals surface area contributed by atoms with Crippen molar-refractivity contribution >= 4 is 5.69 Å². The van der Waals surface area contributed by atoms with E-state index in [4.69, 9.17) is 4.42 Å². The molecule has 4 rings (SSSR count). The maximum absolute atomic E-state index is 14.5. The fourth-order valence-electron chi connectivity index (χ4n) is 2.75. The Morgan fingerprint density at radius 2 is 1.56 bits per heavy atom. The lowest BCUT2D eigenvalue weighted by atomic mass is 10.1. The maximum atomic E-state index is 14.5. The van der Waals surface area contributed by atoms with Crippen LogP contribution in [-0.4, -0.2) is 15.3 Å². The lowest BCUT2D eigenvalue weighted by Crippen LogP contribution is -2.14. The number of nitrogens with one attached hydrogen (secondary N) is 1.